The van der Waals surface area contributed by atoms with Gasteiger partial charge < -0.3 is 15.3 Å². The molecule has 1 aliphatic heterocycles. The molecule has 0 radical (unpaired) electrons. The van der Waals surface area contributed by atoms with Crippen LogP contribution in [0.25, 0.3) is 5.69 Å². The van der Waals surface area contributed by atoms with Crippen LogP contribution in [0.5, 0.6) is 0 Å². The summed E-state index contributed by atoms with van der Waals surface area (Å²) in [5, 5.41) is 15.4. The quantitative estimate of drug-likeness (QED) is 0.832. The monoisotopic (exact) mass is 396 g/mol. The molecule has 0 bridgehead atoms. The topological polar surface area (TPSA) is 87.5 Å². The normalized spacial score (nSPS) is 20.1. The summed E-state index contributed by atoms with van der Waals surface area (Å²) in [5.41, 5.74) is -0.134. The summed E-state index contributed by atoms with van der Waals surface area (Å²) in [4.78, 5) is 25.1. The molecule has 0 saturated carbocycles. The number of rotatable bonds is 3. The molecular formula is C18H19F3N4O3. The molecule has 3 rings (SSSR count). The molecule has 2 N–H and O–H groups in total. The number of nitrogens with zero attached hydrogens (tertiary/aromatic N) is 3. The Hall–Kier alpha value is -3.04. The van der Waals surface area contributed by atoms with Gasteiger partial charge in [-0.15, -0.1) is 0 Å². The summed E-state index contributed by atoms with van der Waals surface area (Å²) in [6.45, 7) is 2.49. The molecule has 1 aliphatic rings. The lowest BCUT2D eigenvalue weighted by Crippen LogP contribution is -2.47. The summed E-state index contributed by atoms with van der Waals surface area (Å²) in [5.74, 6) is -1.45. The van der Waals surface area contributed by atoms with Gasteiger partial charge in [0, 0.05) is 25.0 Å². The number of aromatic nitrogens is 2. The third-order valence-electron chi connectivity index (χ3n) is 4.56. The van der Waals surface area contributed by atoms with Crippen LogP contribution in [0.2, 0.25) is 0 Å². The number of aliphatic carboxylic acids is 1. The molecule has 1 fully saturated rings. The molecule has 2 unspecified atom stereocenters. The minimum atomic E-state index is -4.52. The number of likely N-dealkylation sites (tertiary alicyclic amines) is 1. The number of alkyl halides is 3. The van der Waals surface area contributed by atoms with Gasteiger partial charge in [-0.25, -0.2) is 9.48 Å². The van der Waals surface area contributed by atoms with Gasteiger partial charge in [0.05, 0.1) is 11.6 Å². The number of carboxylic acid groups (broad SMARTS) is 1. The predicted octanol–water partition coefficient (Wildman–Crippen LogP) is 3.47. The Bertz CT molecular complexity index is 864. The van der Waals surface area contributed by atoms with Gasteiger partial charge in [-0.05, 0) is 42.7 Å². The zero-order valence-corrected chi connectivity index (χ0v) is 15.0. The maximum Gasteiger partial charge on any atom is 0.435 e. The van der Waals surface area contributed by atoms with E-state index in [1.165, 1.54) is 23.2 Å². The summed E-state index contributed by atoms with van der Waals surface area (Å²) in [6, 6.07) is 6.62. The molecule has 2 aromatic rings. The predicted molar refractivity (Wildman–Crippen MR) is 94.1 cm³/mol. The van der Waals surface area contributed by atoms with Crippen LogP contribution in [0.15, 0.2) is 36.5 Å². The molecule has 0 spiro atoms. The molecule has 150 valence electrons. The molecular weight excluding hydrogens is 377 g/mol. The maximum atomic E-state index is 12.6. The number of amides is 2. The number of carbonyl (C=O) groups is 2. The number of piperidine rings is 1. The molecule has 2 heterocycles. The first-order chi connectivity index (χ1) is 13.1. The van der Waals surface area contributed by atoms with Gasteiger partial charge in [0.2, 0.25) is 0 Å². The second-order valence-corrected chi connectivity index (χ2v) is 6.90. The van der Waals surface area contributed by atoms with Gasteiger partial charge in [-0.3, -0.25) is 4.79 Å². The van der Waals surface area contributed by atoms with Crippen LogP contribution in [0.4, 0.5) is 23.7 Å². The van der Waals surface area contributed by atoms with E-state index in [0.717, 1.165) is 10.7 Å². The second-order valence-electron chi connectivity index (χ2n) is 6.90. The van der Waals surface area contributed by atoms with E-state index in [2.05, 4.69) is 10.4 Å². The molecule has 1 saturated heterocycles. The fourth-order valence-corrected chi connectivity index (χ4v) is 3.22. The van der Waals surface area contributed by atoms with Gasteiger partial charge in [0.1, 0.15) is 0 Å². The number of urea groups is 1. The average Bonchev–Trinajstić information content (AvgIpc) is 3.12. The first-order valence-corrected chi connectivity index (χ1v) is 8.65. The van der Waals surface area contributed by atoms with Gasteiger partial charge in [0.25, 0.3) is 0 Å². The van der Waals surface area contributed by atoms with Crippen LogP contribution in [0, 0.1) is 11.8 Å². The lowest BCUT2D eigenvalue weighted by atomic mass is 9.91. The van der Waals surface area contributed by atoms with Gasteiger partial charge in [-0.1, -0.05) is 6.92 Å². The van der Waals surface area contributed by atoms with Crippen molar-refractivity contribution in [2.24, 2.45) is 11.8 Å². The van der Waals surface area contributed by atoms with Crippen LogP contribution in [-0.4, -0.2) is 44.9 Å². The van der Waals surface area contributed by atoms with Crippen molar-refractivity contribution in [1.29, 1.82) is 0 Å². The van der Waals surface area contributed by atoms with Crippen molar-refractivity contribution in [1.82, 2.24) is 14.7 Å². The molecule has 28 heavy (non-hydrogen) atoms. The largest absolute Gasteiger partial charge is 0.481 e. The highest BCUT2D eigenvalue weighted by atomic mass is 19.4. The third kappa shape index (κ3) is 4.44. The first kappa shape index (κ1) is 19.7. The Morgan fingerprint density at radius 2 is 1.86 bits per heavy atom. The number of nitrogens with one attached hydrogen (secondary N) is 1. The van der Waals surface area contributed by atoms with E-state index in [9.17, 15) is 27.9 Å². The minimum Gasteiger partial charge on any atom is -0.481 e. The number of carboxylic acids is 1. The minimum absolute atomic E-state index is 0.0746. The highest BCUT2D eigenvalue weighted by Crippen LogP contribution is 2.28. The smallest absolute Gasteiger partial charge is 0.435 e. The number of carbonyl (C=O) groups excluding carboxylic acids is 1. The Kier molecular flexibility index (Phi) is 5.30. The van der Waals surface area contributed by atoms with Crippen molar-refractivity contribution in [3.63, 3.8) is 0 Å². The number of hydrogen-bond acceptors (Lipinski definition) is 3. The standard InChI is InChI=1S/C18H19F3N4O3/c1-11-8-12(16(26)27)10-24(9-11)17(28)22-13-2-4-14(5-3-13)25-7-6-15(23-25)18(19,20)21/h2-7,11-12H,8-10H2,1H3,(H,22,28)(H,26,27). The number of benzene rings is 1. The van der Waals surface area contributed by atoms with E-state index in [0.29, 0.717) is 24.3 Å². The van der Waals surface area contributed by atoms with Crippen molar-refractivity contribution in [2.45, 2.75) is 19.5 Å². The molecule has 0 aliphatic carbocycles. The van der Waals surface area contributed by atoms with Crippen molar-refractivity contribution in [3.05, 3.63) is 42.2 Å². The number of anilines is 1. The second kappa shape index (κ2) is 7.53. The summed E-state index contributed by atoms with van der Waals surface area (Å²) in [7, 11) is 0. The van der Waals surface area contributed by atoms with E-state index in [-0.39, 0.29) is 12.5 Å². The SMILES string of the molecule is CC1CC(C(=O)O)CN(C(=O)Nc2ccc(-n3ccc(C(F)(F)F)n3)cc2)C1. The van der Waals surface area contributed by atoms with E-state index in [4.69, 9.17) is 0 Å². The van der Waals surface area contributed by atoms with Gasteiger partial charge in [0.15, 0.2) is 5.69 Å². The first-order valence-electron chi connectivity index (χ1n) is 8.65. The maximum absolute atomic E-state index is 12.6. The molecule has 10 heteroatoms. The third-order valence-corrected chi connectivity index (χ3v) is 4.56. The van der Waals surface area contributed by atoms with Crippen LogP contribution in [-0.2, 0) is 11.0 Å². The van der Waals surface area contributed by atoms with Crippen LogP contribution >= 0.6 is 0 Å². The Morgan fingerprint density at radius 1 is 1.18 bits per heavy atom. The van der Waals surface area contributed by atoms with E-state index >= 15 is 0 Å². The average molecular weight is 396 g/mol. The zero-order valence-electron chi connectivity index (χ0n) is 15.0. The Morgan fingerprint density at radius 3 is 2.43 bits per heavy atom. The molecule has 7 nitrogen and oxygen atoms in total. The lowest BCUT2D eigenvalue weighted by molar-refractivity contribution is -0.144. The molecule has 2 atom stereocenters. The van der Waals surface area contributed by atoms with E-state index in [1.54, 1.807) is 12.1 Å². The fraction of sp³-hybridized carbons (Fsp3) is 0.389. The van der Waals surface area contributed by atoms with Gasteiger partial charge in [-0.2, -0.15) is 18.3 Å². The number of hydrogen-bond donors (Lipinski definition) is 2. The van der Waals surface area contributed by atoms with Crippen molar-refractivity contribution in [3.8, 4) is 5.69 Å². The highest BCUT2D eigenvalue weighted by molar-refractivity contribution is 5.90. The number of halogens is 3. The zero-order chi connectivity index (χ0) is 20.5. The van der Waals surface area contributed by atoms with Crippen molar-refractivity contribution >= 4 is 17.7 Å². The molecule has 1 aromatic carbocycles. The Labute approximate surface area is 158 Å². The molecule has 2 amide bonds. The summed E-state index contributed by atoms with van der Waals surface area (Å²) >= 11 is 0. The van der Waals surface area contributed by atoms with Crippen molar-refractivity contribution < 1.29 is 27.9 Å². The van der Waals surface area contributed by atoms with Crippen molar-refractivity contribution in [2.75, 3.05) is 18.4 Å². The summed E-state index contributed by atoms with van der Waals surface area (Å²) < 4.78 is 39.0. The lowest BCUT2D eigenvalue weighted by Gasteiger charge is -2.34. The highest BCUT2D eigenvalue weighted by Gasteiger charge is 2.34. The fourth-order valence-electron chi connectivity index (χ4n) is 3.22. The molecule has 1 aromatic heterocycles. The van der Waals surface area contributed by atoms with E-state index < -0.39 is 29.8 Å². The van der Waals surface area contributed by atoms with Crippen LogP contribution in [0.1, 0.15) is 19.0 Å². The van der Waals surface area contributed by atoms with E-state index in [1.807, 2.05) is 6.92 Å². The van der Waals surface area contributed by atoms with Crippen LogP contribution < -0.4 is 5.32 Å². The summed E-state index contributed by atoms with van der Waals surface area (Å²) in [6.07, 6.45) is -2.78. The van der Waals surface area contributed by atoms with Crippen LogP contribution in [0.3, 0.4) is 0 Å². The Balaban J connectivity index is 1.66. The van der Waals surface area contributed by atoms with Gasteiger partial charge >= 0.3 is 18.2 Å².